The molecule has 10 nitrogen and oxygen atoms in total. The molecule has 200 valence electrons. The number of amides is 1. The SMILES string of the molecule is CCCCNc1nc(N)nc2ccn(Cc3ccc(CN(C)CCOC(=O)N(CC)CC)cc3)c(=O)c12. The monoisotopic (exact) mass is 509 g/mol. The largest absolute Gasteiger partial charge is 0.448 e. The van der Waals surface area contributed by atoms with Crippen LogP contribution in [0.15, 0.2) is 41.3 Å². The molecule has 0 saturated carbocycles. The number of nitrogens with one attached hydrogen (secondary N) is 1. The van der Waals surface area contributed by atoms with Crippen molar-refractivity contribution in [2.45, 2.75) is 46.7 Å². The third-order valence-electron chi connectivity index (χ3n) is 6.21. The smallest absolute Gasteiger partial charge is 0.409 e. The van der Waals surface area contributed by atoms with Crippen molar-refractivity contribution in [3.8, 4) is 0 Å². The Morgan fingerprint density at radius 3 is 2.46 bits per heavy atom. The van der Waals surface area contributed by atoms with E-state index in [-0.39, 0.29) is 17.6 Å². The number of carbonyl (C=O) groups is 1. The fraction of sp³-hybridized carbons (Fsp3) is 0.481. The average molecular weight is 510 g/mol. The summed E-state index contributed by atoms with van der Waals surface area (Å²) in [5.41, 5.74) is 8.39. The van der Waals surface area contributed by atoms with Gasteiger partial charge in [0.1, 0.15) is 17.8 Å². The number of rotatable bonds is 13. The van der Waals surface area contributed by atoms with Gasteiger partial charge >= 0.3 is 6.09 Å². The molecule has 2 heterocycles. The van der Waals surface area contributed by atoms with Crippen molar-refractivity contribution in [1.82, 2.24) is 24.3 Å². The summed E-state index contributed by atoms with van der Waals surface area (Å²) in [5.74, 6) is 0.628. The molecule has 10 heteroatoms. The summed E-state index contributed by atoms with van der Waals surface area (Å²) in [6.45, 7) is 10.1. The summed E-state index contributed by atoms with van der Waals surface area (Å²) < 4.78 is 7.02. The summed E-state index contributed by atoms with van der Waals surface area (Å²) in [6, 6.07) is 9.97. The van der Waals surface area contributed by atoms with E-state index in [9.17, 15) is 9.59 Å². The fourth-order valence-electron chi connectivity index (χ4n) is 4.03. The Hall–Kier alpha value is -3.66. The van der Waals surface area contributed by atoms with Crippen LogP contribution < -0.4 is 16.6 Å². The van der Waals surface area contributed by atoms with Gasteiger partial charge in [-0.25, -0.2) is 9.78 Å². The highest BCUT2D eigenvalue weighted by atomic mass is 16.6. The molecule has 3 rings (SSSR count). The first-order valence-electron chi connectivity index (χ1n) is 12.9. The van der Waals surface area contributed by atoms with Crippen LogP contribution in [-0.4, -0.2) is 70.3 Å². The zero-order chi connectivity index (χ0) is 26.8. The van der Waals surface area contributed by atoms with Crippen molar-refractivity contribution in [2.75, 3.05) is 50.9 Å². The maximum absolute atomic E-state index is 13.3. The van der Waals surface area contributed by atoms with Crippen molar-refractivity contribution in [3.63, 3.8) is 0 Å². The Morgan fingerprint density at radius 1 is 1.08 bits per heavy atom. The molecule has 0 spiro atoms. The van der Waals surface area contributed by atoms with E-state index in [1.165, 1.54) is 0 Å². The molecule has 0 aliphatic heterocycles. The number of likely N-dealkylation sites (N-methyl/N-ethyl adjacent to an activating group) is 1. The maximum Gasteiger partial charge on any atom is 0.409 e. The number of carbonyl (C=O) groups excluding carboxylic acids is 1. The molecule has 0 aliphatic carbocycles. The van der Waals surface area contributed by atoms with Crippen molar-refractivity contribution >= 4 is 28.8 Å². The first kappa shape index (κ1) is 27.9. The molecule has 2 aromatic heterocycles. The van der Waals surface area contributed by atoms with E-state index >= 15 is 0 Å². The number of fused-ring (bicyclic) bond motifs is 1. The molecular weight excluding hydrogens is 470 g/mol. The van der Waals surface area contributed by atoms with E-state index in [4.69, 9.17) is 10.5 Å². The van der Waals surface area contributed by atoms with Gasteiger partial charge in [-0.15, -0.1) is 0 Å². The quantitative estimate of drug-likeness (QED) is 0.336. The third kappa shape index (κ3) is 7.66. The second-order valence-electron chi connectivity index (χ2n) is 9.06. The lowest BCUT2D eigenvalue weighted by molar-refractivity contribution is 0.0961. The Kier molecular flexibility index (Phi) is 10.3. The van der Waals surface area contributed by atoms with Crippen molar-refractivity contribution < 1.29 is 9.53 Å². The molecular formula is C27H39N7O3. The molecule has 0 bridgehead atoms. The van der Waals surface area contributed by atoms with Crippen molar-refractivity contribution in [2.24, 2.45) is 0 Å². The molecule has 0 radical (unpaired) electrons. The van der Waals surface area contributed by atoms with Crippen LogP contribution in [0.4, 0.5) is 16.6 Å². The number of hydrogen-bond acceptors (Lipinski definition) is 8. The molecule has 1 aromatic carbocycles. The number of ether oxygens (including phenoxy) is 1. The summed E-state index contributed by atoms with van der Waals surface area (Å²) in [5, 5.41) is 3.69. The maximum atomic E-state index is 13.3. The van der Waals surface area contributed by atoms with Gasteiger partial charge in [0.25, 0.3) is 5.56 Å². The molecule has 0 unspecified atom stereocenters. The van der Waals surface area contributed by atoms with Gasteiger partial charge in [-0.05, 0) is 44.5 Å². The summed E-state index contributed by atoms with van der Waals surface area (Å²) in [4.78, 5) is 37.5. The number of nitrogen functional groups attached to an aromatic ring is 1. The van der Waals surface area contributed by atoms with E-state index in [0.29, 0.717) is 56.1 Å². The molecule has 37 heavy (non-hydrogen) atoms. The predicted octanol–water partition coefficient (Wildman–Crippen LogP) is 3.54. The van der Waals surface area contributed by atoms with Crippen LogP contribution in [0.2, 0.25) is 0 Å². The second-order valence-corrected chi connectivity index (χ2v) is 9.06. The highest BCUT2D eigenvalue weighted by Crippen LogP contribution is 2.18. The molecule has 0 atom stereocenters. The Bertz CT molecular complexity index is 1220. The molecule has 1 amide bonds. The number of anilines is 2. The van der Waals surface area contributed by atoms with E-state index in [1.54, 1.807) is 21.7 Å². The van der Waals surface area contributed by atoms with Gasteiger partial charge in [0, 0.05) is 38.9 Å². The zero-order valence-corrected chi connectivity index (χ0v) is 22.4. The van der Waals surface area contributed by atoms with E-state index in [1.807, 2.05) is 33.0 Å². The average Bonchev–Trinajstić information content (AvgIpc) is 2.87. The van der Waals surface area contributed by atoms with Gasteiger partial charge in [0.2, 0.25) is 5.95 Å². The highest BCUT2D eigenvalue weighted by Gasteiger charge is 2.13. The minimum atomic E-state index is -0.273. The van der Waals surface area contributed by atoms with Crippen molar-refractivity contribution in [3.05, 3.63) is 58.0 Å². The van der Waals surface area contributed by atoms with Gasteiger partial charge in [0.05, 0.1) is 12.1 Å². The number of hydrogen-bond donors (Lipinski definition) is 2. The Labute approximate surface area is 218 Å². The third-order valence-corrected chi connectivity index (χ3v) is 6.21. The number of benzene rings is 1. The lowest BCUT2D eigenvalue weighted by Gasteiger charge is -2.20. The number of nitrogens with zero attached hydrogens (tertiary/aromatic N) is 5. The highest BCUT2D eigenvalue weighted by molar-refractivity contribution is 5.89. The van der Waals surface area contributed by atoms with Crippen LogP contribution in [0.1, 0.15) is 44.7 Å². The second kappa shape index (κ2) is 13.6. The van der Waals surface area contributed by atoms with E-state index in [2.05, 4.69) is 39.2 Å². The first-order chi connectivity index (χ1) is 17.9. The molecule has 3 aromatic rings. The topological polar surface area (TPSA) is 119 Å². The van der Waals surface area contributed by atoms with Gasteiger partial charge in [-0.1, -0.05) is 37.6 Å². The minimum absolute atomic E-state index is 0.145. The number of unbranched alkanes of at least 4 members (excludes halogenated alkanes) is 1. The molecule has 0 fully saturated rings. The Balaban J connectivity index is 1.63. The van der Waals surface area contributed by atoms with Crippen LogP contribution in [0, 0.1) is 0 Å². The van der Waals surface area contributed by atoms with Crippen LogP contribution in [0.25, 0.3) is 10.9 Å². The van der Waals surface area contributed by atoms with E-state index < -0.39 is 0 Å². The summed E-state index contributed by atoms with van der Waals surface area (Å²) in [6.07, 6.45) is 3.47. The fourth-order valence-corrected chi connectivity index (χ4v) is 4.03. The van der Waals surface area contributed by atoms with Crippen molar-refractivity contribution in [1.29, 1.82) is 0 Å². The molecule has 0 aliphatic rings. The number of pyridine rings is 1. The van der Waals surface area contributed by atoms with Crippen LogP contribution >= 0.6 is 0 Å². The van der Waals surface area contributed by atoms with Crippen LogP contribution in [-0.2, 0) is 17.8 Å². The number of aromatic nitrogens is 3. The minimum Gasteiger partial charge on any atom is -0.448 e. The van der Waals surface area contributed by atoms with Crippen LogP contribution in [0.5, 0.6) is 0 Å². The number of nitrogens with two attached hydrogens (primary N) is 1. The molecule has 3 N–H and O–H groups in total. The van der Waals surface area contributed by atoms with Crippen LogP contribution in [0.3, 0.4) is 0 Å². The zero-order valence-electron chi connectivity index (χ0n) is 22.4. The van der Waals surface area contributed by atoms with Gasteiger partial charge in [-0.3, -0.25) is 9.69 Å². The van der Waals surface area contributed by atoms with Gasteiger partial charge in [0.15, 0.2) is 0 Å². The van der Waals surface area contributed by atoms with E-state index in [0.717, 1.165) is 30.5 Å². The standard InChI is InChI=1S/C27H39N7O3/c1-5-8-14-29-24-23-22(30-26(28)31-24)13-15-34(25(23)35)19-21-11-9-20(10-12-21)18-32(4)16-17-37-27(36)33(6-2)7-3/h9-13,15H,5-8,14,16-19H2,1-4H3,(H3,28,29,30,31). The summed E-state index contributed by atoms with van der Waals surface area (Å²) in [7, 11) is 1.99. The first-order valence-corrected chi connectivity index (χ1v) is 12.9. The Morgan fingerprint density at radius 2 is 1.78 bits per heavy atom. The summed E-state index contributed by atoms with van der Waals surface area (Å²) >= 11 is 0. The predicted molar refractivity (Wildman–Crippen MR) is 148 cm³/mol. The lowest BCUT2D eigenvalue weighted by atomic mass is 10.1. The molecule has 0 saturated heterocycles. The lowest BCUT2D eigenvalue weighted by Crippen LogP contribution is -2.33. The van der Waals surface area contributed by atoms with Gasteiger partial charge in [-0.2, -0.15) is 4.98 Å². The normalized spacial score (nSPS) is 11.2. The van der Waals surface area contributed by atoms with Gasteiger partial charge < -0.3 is 25.3 Å².